The lowest BCUT2D eigenvalue weighted by molar-refractivity contribution is 0.102. The lowest BCUT2D eigenvalue weighted by Gasteiger charge is -2.05. The summed E-state index contributed by atoms with van der Waals surface area (Å²) in [5.74, 6) is 0.513. The third-order valence-electron chi connectivity index (χ3n) is 2.51. The number of H-pyrrole nitrogens is 1. The van der Waals surface area contributed by atoms with Gasteiger partial charge in [-0.25, -0.2) is 4.98 Å². The standard InChI is InChI=1S/C13H14N2O2S2/c1-8(2)10-5-12(17)15-13(14-10)19-7-11(16)9-3-4-18-6-9/h3-6,8H,7H2,1-2H3,(H,14,15,17). The quantitative estimate of drug-likeness (QED) is 0.523. The average Bonchev–Trinajstić information content (AvgIpc) is 2.89. The van der Waals surface area contributed by atoms with Gasteiger partial charge in [0.1, 0.15) is 0 Å². The molecule has 19 heavy (non-hydrogen) atoms. The van der Waals surface area contributed by atoms with Crippen LogP contribution in [0, 0.1) is 0 Å². The number of ketones is 1. The van der Waals surface area contributed by atoms with E-state index in [0.29, 0.717) is 10.7 Å². The molecule has 2 heterocycles. The van der Waals surface area contributed by atoms with Crippen LogP contribution in [0.5, 0.6) is 0 Å². The van der Waals surface area contributed by atoms with Crippen molar-refractivity contribution in [1.29, 1.82) is 0 Å². The summed E-state index contributed by atoms with van der Waals surface area (Å²) in [6, 6.07) is 3.30. The molecule has 2 aromatic rings. The Hall–Kier alpha value is -1.40. The van der Waals surface area contributed by atoms with Crippen molar-refractivity contribution in [3.8, 4) is 0 Å². The minimum atomic E-state index is -0.177. The fourth-order valence-electron chi connectivity index (χ4n) is 1.46. The van der Waals surface area contributed by atoms with Gasteiger partial charge in [0.05, 0.1) is 11.4 Å². The zero-order chi connectivity index (χ0) is 13.8. The van der Waals surface area contributed by atoms with Crippen molar-refractivity contribution in [1.82, 2.24) is 9.97 Å². The molecule has 0 saturated carbocycles. The molecular weight excluding hydrogens is 280 g/mol. The van der Waals surface area contributed by atoms with Gasteiger partial charge in [0.15, 0.2) is 10.9 Å². The van der Waals surface area contributed by atoms with Crippen molar-refractivity contribution in [3.63, 3.8) is 0 Å². The molecule has 0 radical (unpaired) electrons. The summed E-state index contributed by atoms with van der Waals surface area (Å²) in [5, 5.41) is 4.20. The van der Waals surface area contributed by atoms with Gasteiger partial charge in [0, 0.05) is 17.0 Å². The molecule has 2 rings (SSSR count). The normalized spacial score (nSPS) is 10.9. The van der Waals surface area contributed by atoms with Crippen molar-refractivity contribution in [2.75, 3.05) is 5.75 Å². The number of Topliss-reactive ketones (excluding diaryl/α,β-unsaturated/α-hetero) is 1. The van der Waals surface area contributed by atoms with E-state index in [-0.39, 0.29) is 23.0 Å². The Morgan fingerprint density at radius 3 is 2.95 bits per heavy atom. The summed E-state index contributed by atoms with van der Waals surface area (Å²) in [7, 11) is 0. The number of aromatic amines is 1. The van der Waals surface area contributed by atoms with Crippen LogP contribution in [0.15, 0.2) is 32.8 Å². The molecule has 0 spiro atoms. The largest absolute Gasteiger partial charge is 0.301 e. The monoisotopic (exact) mass is 294 g/mol. The lowest BCUT2D eigenvalue weighted by Crippen LogP contribution is -2.12. The van der Waals surface area contributed by atoms with Crippen LogP contribution in [0.25, 0.3) is 0 Å². The number of aromatic nitrogens is 2. The van der Waals surface area contributed by atoms with E-state index in [1.54, 1.807) is 6.07 Å². The number of thiophene rings is 1. The first kappa shape index (κ1) is 14.0. The molecule has 0 saturated heterocycles. The van der Waals surface area contributed by atoms with Crippen LogP contribution >= 0.6 is 23.1 Å². The maximum absolute atomic E-state index is 11.8. The number of hydrogen-bond acceptors (Lipinski definition) is 5. The zero-order valence-electron chi connectivity index (χ0n) is 10.7. The number of nitrogens with one attached hydrogen (secondary N) is 1. The second-order valence-electron chi connectivity index (χ2n) is 4.35. The Labute approximate surface area is 119 Å². The number of carbonyl (C=O) groups excluding carboxylic acids is 1. The van der Waals surface area contributed by atoms with Gasteiger partial charge in [-0.05, 0) is 17.4 Å². The second kappa shape index (κ2) is 6.16. The summed E-state index contributed by atoms with van der Waals surface area (Å²) in [4.78, 5) is 30.3. The van der Waals surface area contributed by atoms with Gasteiger partial charge in [-0.3, -0.25) is 9.59 Å². The molecule has 4 nitrogen and oxygen atoms in total. The Bertz CT molecular complexity index is 618. The SMILES string of the molecule is CC(C)c1cc(=O)[nH]c(SCC(=O)c2ccsc2)n1. The summed E-state index contributed by atoms with van der Waals surface area (Å²) in [5.41, 5.74) is 1.28. The van der Waals surface area contributed by atoms with E-state index >= 15 is 0 Å². The van der Waals surface area contributed by atoms with Gasteiger partial charge in [-0.2, -0.15) is 11.3 Å². The first-order chi connectivity index (χ1) is 9.06. The number of thioether (sulfide) groups is 1. The molecule has 0 aliphatic heterocycles. The summed E-state index contributed by atoms with van der Waals surface area (Å²) < 4.78 is 0. The van der Waals surface area contributed by atoms with Crippen LogP contribution in [-0.2, 0) is 0 Å². The minimum absolute atomic E-state index is 0.0452. The van der Waals surface area contributed by atoms with Crippen LogP contribution < -0.4 is 5.56 Å². The third kappa shape index (κ3) is 3.78. The van der Waals surface area contributed by atoms with Crippen molar-refractivity contribution >= 4 is 28.9 Å². The summed E-state index contributed by atoms with van der Waals surface area (Å²) >= 11 is 2.76. The van der Waals surface area contributed by atoms with Gasteiger partial charge in [-0.1, -0.05) is 25.6 Å². The molecule has 0 fully saturated rings. The highest BCUT2D eigenvalue weighted by Gasteiger charge is 2.10. The molecule has 1 N–H and O–H groups in total. The zero-order valence-corrected chi connectivity index (χ0v) is 12.3. The fraction of sp³-hybridized carbons (Fsp3) is 0.308. The van der Waals surface area contributed by atoms with Gasteiger partial charge in [-0.15, -0.1) is 0 Å². The topological polar surface area (TPSA) is 62.8 Å². The fourth-order valence-corrected chi connectivity index (χ4v) is 2.90. The number of hydrogen-bond donors (Lipinski definition) is 1. The summed E-state index contributed by atoms with van der Waals surface area (Å²) in [6.07, 6.45) is 0. The van der Waals surface area contributed by atoms with Crippen LogP contribution in [0.2, 0.25) is 0 Å². The van der Waals surface area contributed by atoms with Crippen molar-refractivity contribution < 1.29 is 4.79 Å². The maximum atomic E-state index is 11.8. The first-order valence-corrected chi connectivity index (χ1v) is 7.78. The molecule has 6 heteroatoms. The molecule has 0 atom stereocenters. The Balaban J connectivity index is 2.07. The van der Waals surface area contributed by atoms with Crippen LogP contribution in [-0.4, -0.2) is 21.5 Å². The molecule has 0 bridgehead atoms. The molecule has 100 valence electrons. The molecule has 0 aliphatic carbocycles. The highest BCUT2D eigenvalue weighted by atomic mass is 32.2. The molecule has 2 aromatic heterocycles. The van der Waals surface area contributed by atoms with Gasteiger partial charge < -0.3 is 4.98 Å². The minimum Gasteiger partial charge on any atom is -0.301 e. The van der Waals surface area contributed by atoms with Gasteiger partial charge in [0.2, 0.25) is 0 Å². The van der Waals surface area contributed by atoms with E-state index in [1.807, 2.05) is 24.6 Å². The van der Waals surface area contributed by atoms with E-state index in [2.05, 4.69) is 9.97 Å². The second-order valence-corrected chi connectivity index (χ2v) is 6.10. The molecule has 0 aromatic carbocycles. The van der Waals surface area contributed by atoms with Gasteiger partial charge in [0.25, 0.3) is 5.56 Å². The number of rotatable bonds is 5. The van der Waals surface area contributed by atoms with E-state index in [1.165, 1.54) is 29.2 Å². The van der Waals surface area contributed by atoms with Crippen LogP contribution in [0.1, 0.15) is 35.8 Å². The predicted molar refractivity (Wildman–Crippen MR) is 78.3 cm³/mol. The van der Waals surface area contributed by atoms with Crippen LogP contribution in [0.3, 0.4) is 0 Å². The van der Waals surface area contributed by atoms with E-state index in [4.69, 9.17) is 0 Å². The van der Waals surface area contributed by atoms with E-state index < -0.39 is 0 Å². The summed E-state index contributed by atoms with van der Waals surface area (Å²) in [6.45, 7) is 3.96. The molecule has 0 unspecified atom stereocenters. The van der Waals surface area contributed by atoms with Crippen LogP contribution in [0.4, 0.5) is 0 Å². The van der Waals surface area contributed by atoms with Gasteiger partial charge >= 0.3 is 0 Å². The Kier molecular flexibility index (Phi) is 4.55. The smallest absolute Gasteiger partial charge is 0.251 e. The van der Waals surface area contributed by atoms with Crippen molar-refractivity contribution in [2.45, 2.75) is 24.9 Å². The van der Waals surface area contributed by atoms with E-state index in [0.717, 1.165) is 5.69 Å². The predicted octanol–water partition coefficient (Wildman–Crippen LogP) is 2.93. The number of nitrogens with zero attached hydrogens (tertiary/aromatic N) is 1. The van der Waals surface area contributed by atoms with Crippen molar-refractivity contribution in [2.24, 2.45) is 0 Å². The molecule has 0 aliphatic rings. The van der Waals surface area contributed by atoms with E-state index in [9.17, 15) is 9.59 Å². The van der Waals surface area contributed by atoms with Crippen molar-refractivity contribution in [3.05, 3.63) is 44.5 Å². The lowest BCUT2D eigenvalue weighted by atomic mass is 10.1. The first-order valence-electron chi connectivity index (χ1n) is 5.85. The average molecular weight is 294 g/mol. The Morgan fingerprint density at radius 1 is 1.53 bits per heavy atom. The Morgan fingerprint density at radius 2 is 2.32 bits per heavy atom. The molecular formula is C13H14N2O2S2. The maximum Gasteiger partial charge on any atom is 0.251 e. The third-order valence-corrected chi connectivity index (χ3v) is 4.07. The molecule has 0 amide bonds. The highest BCUT2D eigenvalue weighted by molar-refractivity contribution is 7.99. The highest BCUT2D eigenvalue weighted by Crippen LogP contribution is 2.17. The number of carbonyl (C=O) groups is 1.